The van der Waals surface area contributed by atoms with Gasteiger partial charge >= 0.3 is 0 Å². The van der Waals surface area contributed by atoms with E-state index in [2.05, 4.69) is 12.2 Å². The van der Waals surface area contributed by atoms with Crippen LogP contribution in [0.2, 0.25) is 10.0 Å². The summed E-state index contributed by atoms with van der Waals surface area (Å²) in [4.78, 5) is 13.6. The zero-order valence-corrected chi connectivity index (χ0v) is 16.6. The van der Waals surface area contributed by atoms with Crippen LogP contribution in [0.4, 0.5) is 0 Å². The molecule has 1 atom stereocenters. The average Bonchev–Trinajstić information content (AvgIpc) is 2.57. The van der Waals surface area contributed by atoms with E-state index < -0.39 is 6.04 Å². The summed E-state index contributed by atoms with van der Waals surface area (Å²) in [6.07, 6.45) is 5.85. The Morgan fingerprint density at radius 2 is 1.88 bits per heavy atom. The fraction of sp³-hybridized carbons (Fsp3) is 0.316. The second-order valence-electron chi connectivity index (χ2n) is 5.69. The van der Waals surface area contributed by atoms with Crippen molar-refractivity contribution in [3.63, 3.8) is 0 Å². The number of halogens is 2. The number of Topliss-reactive ketones (excluding diaryl/α,β-unsaturated/α-hetero) is 1. The lowest BCUT2D eigenvalue weighted by Crippen LogP contribution is -2.51. The minimum Gasteiger partial charge on any atom is -0.374 e. The Labute approximate surface area is 164 Å². The third-order valence-corrected chi connectivity index (χ3v) is 4.72. The Morgan fingerprint density at radius 1 is 1.20 bits per heavy atom. The Morgan fingerprint density at radius 3 is 2.44 bits per heavy atom. The fourth-order valence-corrected chi connectivity index (χ4v) is 3.47. The number of benzene rings is 1. The summed E-state index contributed by atoms with van der Waals surface area (Å²) in [6, 6.07) is 8.25. The van der Waals surface area contributed by atoms with E-state index in [1.807, 2.05) is 36.0 Å². The molecule has 1 heterocycles. The molecule has 0 aliphatic heterocycles. The van der Waals surface area contributed by atoms with Gasteiger partial charge in [-0.1, -0.05) is 48.8 Å². The van der Waals surface area contributed by atoms with Gasteiger partial charge in [0.25, 0.3) is 6.04 Å². The van der Waals surface area contributed by atoms with Gasteiger partial charge in [0, 0.05) is 29.3 Å². The third kappa shape index (κ3) is 5.00. The van der Waals surface area contributed by atoms with Gasteiger partial charge < -0.3 is 5.32 Å². The van der Waals surface area contributed by atoms with Crippen LogP contribution in [0.5, 0.6) is 0 Å². The van der Waals surface area contributed by atoms with Crippen molar-refractivity contribution in [1.29, 1.82) is 0 Å². The summed E-state index contributed by atoms with van der Waals surface area (Å²) in [5.41, 5.74) is 1.63. The Balaban J connectivity index is 2.41. The maximum Gasteiger partial charge on any atom is 0.270 e. The van der Waals surface area contributed by atoms with Crippen LogP contribution in [0, 0.1) is 0 Å². The van der Waals surface area contributed by atoms with Crippen LogP contribution in [-0.4, -0.2) is 17.3 Å². The smallest absolute Gasteiger partial charge is 0.270 e. The van der Waals surface area contributed by atoms with Gasteiger partial charge in [-0.2, -0.15) is 4.57 Å². The van der Waals surface area contributed by atoms with Crippen molar-refractivity contribution in [2.45, 2.75) is 32.7 Å². The summed E-state index contributed by atoms with van der Waals surface area (Å²) in [6.45, 7) is 4.72. The molecule has 0 aliphatic rings. The van der Waals surface area contributed by atoms with Gasteiger partial charge in [0.1, 0.15) is 0 Å². The zero-order valence-electron chi connectivity index (χ0n) is 14.3. The van der Waals surface area contributed by atoms with Crippen molar-refractivity contribution in [3.05, 3.63) is 63.9 Å². The number of hydrogen-bond acceptors (Lipinski definition) is 2. The lowest BCUT2D eigenvalue weighted by Gasteiger charge is -2.15. The molecule has 1 N–H and O–H groups in total. The molecule has 25 heavy (non-hydrogen) atoms. The first kappa shape index (κ1) is 19.8. The molecule has 0 saturated heterocycles. The Hall–Kier alpha value is -1.49. The first-order chi connectivity index (χ1) is 12.0. The molecule has 0 spiro atoms. The van der Waals surface area contributed by atoms with E-state index in [9.17, 15) is 4.79 Å². The van der Waals surface area contributed by atoms with E-state index in [-0.39, 0.29) is 5.78 Å². The summed E-state index contributed by atoms with van der Waals surface area (Å²) < 4.78 is 1.82. The molecule has 1 aromatic heterocycles. The molecule has 3 nitrogen and oxygen atoms in total. The molecule has 0 unspecified atom stereocenters. The number of pyridine rings is 1. The van der Waals surface area contributed by atoms with Crippen LogP contribution in [0.1, 0.15) is 42.2 Å². The number of thiocarbonyl (C=S) groups is 1. The lowest BCUT2D eigenvalue weighted by molar-refractivity contribution is -0.692. The van der Waals surface area contributed by atoms with Crippen LogP contribution in [0.15, 0.2) is 42.7 Å². The van der Waals surface area contributed by atoms with E-state index in [1.165, 1.54) is 5.56 Å². The fourth-order valence-electron chi connectivity index (χ4n) is 2.59. The van der Waals surface area contributed by atoms with E-state index in [4.69, 9.17) is 35.4 Å². The highest BCUT2D eigenvalue weighted by Crippen LogP contribution is 2.24. The maximum atomic E-state index is 13.1. The molecule has 0 amide bonds. The van der Waals surface area contributed by atoms with Gasteiger partial charge in [-0.25, -0.2) is 0 Å². The van der Waals surface area contributed by atoms with E-state index in [1.54, 1.807) is 18.2 Å². The molecular weight excluding hydrogens is 375 g/mol. The predicted molar refractivity (Wildman–Crippen MR) is 107 cm³/mol. The van der Waals surface area contributed by atoms with Crippen LogP contribution in [0.3, 0.4) is 0 Å². The van der Waals surface area contributed by atoms with Crippen molar-refractivity contribution >= 4 is 46.2 Å². The molecule has 0 bridgehead atoms. The molecule has 2 aromatic rings. The highest BCUT2D eigenvalue weighted by molar-refractivity contribution is 7.80. The monoisotopic (exact) mass is 395 g/mol. The zero-order chi connectivity index (χ0) is 18.4. The van der Waals surface area contributed by atoms with Gasteiger partial charge in [0.2, 0.25) is 5.78 Å². The number of aromatic nitrogens is 1. The SMILES string of the molecule is CCCc1cc[n+]([C@H](C(=O)c2ccc(Cl)cc2Cl)C(=S)NCC)cc1. The van der Waals surface area contributed by atoms with Gasteiger partial charge in [-0.3, -0.25) is 4.79 Å². The number of ketones is 1. The average molecular weight is 396 g/mol. The second-order valence-corrected chi connectivity index (χ2v) is 6.97. The summed E-state index contributed by atoms with van der Waals surface area (Å²) in [7, 11) is 0. The standard InChI is InChI=1S/C19H20Cl2N2OS/c1-3-5-13-8-10-23(11-9-13)17(19(25)22-4-2)18(24)15-7-6-14(20)12-16(15)21/h6-12,17H,3-5H2,1-2H3/p+1/t17-/m1/s1. The van der Waals surface area contributed by atoms with Gasteiger partial charge in [-0.05, 0) is 37.1 Å². The molecule has 6 heteroatoms. The molecular formula is C19H21Cl2N2OS+. The van der Waals surface area contributed by atoms with E-state index in [0.29, 0.717) is 27.1 Å². The molecule has 2 rings (SSSR count). The number of rotatable bonds is 7. The van der Waals surface area contributed by atoms with Crippen LogP contribution < -0.4 is 9.88 Å². The summed E-state index contributed by atoms with van der Waals surface area (Å²) in [5, 5.41) is 3.90. The Bertz CT molecular complexity index is 763. The molecule has 0 fully saturated rings. The van der Waals surface area contributed by atoms with Crippen LogP contribution in [0.25, 0.3) is 0 Å². The summed E-state index contributed by atoms with van der Waals surface area (Å²) >= 11 is 17.6. The second kappa shape index (κ2) is 9.27. The predicted octanol–water partition coefficient (Wildman–Crippen LogP) is 4.59. The minimum absolute atomic E-state index is 0.166. The number of carbonyl (C=O) groups is 1. The lowest BCUT2D eigenvalue weighted by atomic mass is 10.0. The first-order valence-electron chi connectivity index (χ1n) is 8.24. The maximum absolute atomic E-state index is 13.1. The highest BCUT2D eigenvalue weighted by Gasteiger charge is 2.34. The molecule has 1 aromatic carbocycles. The number of aryl methyl sites for hydroxylation is 1. The van der Waals surface area contributed by atoms with Crippen LogP contribution >= 0.6 is 35.4 Å². The largest absolute Gasteiger partial charge is 0.374 e. The Kier molecular flexibility index (Phi) is 7.36. The topological polar surface area (TPSA) is 33.0 Å². The number of hydrogen-bond donors (Lipinski definition) is 1. The van der Waals surface area contributed by atoms with Crippen molar-refractivity contribution in [2.24, 2.45) is 0 Å². The van der Waals surface area contributed by atoms with Crippen molar-refractivity contribution in [2.75, 3.05) is 6.54 Å². The van der Waals surface area contributed by atoms with Crippen molar-refractivity contribution in [1.82, 2.24) is 5.32 Å². The normalized spacial score (nSPS) is 11.8. The minimum atomic E-state index is -0.649. The number of nitrogens with one attached hydrogen (secondary N) is 1. The van der Waals surface area contributed by atoms with Gasteiger partial charge in [-0.15, -0.1) is 0 Å². The van der Waals surface area contributed by atoms with Crippen LogP contribution in [-0.2, 0) is 6.42 Å². The molecule has 0 radical (unpaired) electrons. The van der Waals surface area contributed by atoms with Crippen molar-refractivity contribution in [3.8, 4) is 0 Å². The molecule has 132 valence electrons. The number of likely N-dealkylation sites (N-methyl/N-ethyl adjacent to an activating group) is 1. The van der Waals surface area contributed by atoms with Crippen molar-refractivity contribution < 1.29 is 9.36 Å². The molecule has 0 saturated carbocycles. The third-order valence-electron chi connectivity index (χ3n) is 3.80. The van der Waals surface area contributed by atoms with Gasteiger partial charge in [0.05, 0.1) is 5.02 Å². The quantitative estimate of drug-likeness (QED) is 0.422. The highest BCUT2D eigenvalue weighted by atomic mass is 35.5. The van der Waals surface area contributed by atoms with E-state index >= 15 is 0 Å². The van der Waals surface area contributed by atoms with Gasteiger partial charge in [0.15, 0.2) is 17.4 Å². The first-order valence-corrected chi connectivity index (χ1v) is 9.41. The van der Waals surface area contributed by atoms with E-state index in [0.717, 1.165) is 12.8 Å². The number of nitrogens with zero attached hydrogens (tertiary/aromatic N) is 1. The number of carbonyl (C=O) groups excluding carboxylic acids is 1. The summed E-state index contributed by atoms with van der Waals surface area (Å²) in [5.74, 6) is -0.166. The molecule has 0 aliphatic carbocycles.